The number of unbranched alkanes of at least 4 members (excludes halogenated alkanes) is 5. The van der Waals surface area contributed by atoms with E-state index in [0.29, 0.717) is 17.5 Å². The maximum atomic E-state index is 5.99. The third-order valence-corrected chi connectivity index (χ3v) is 6.76. The van der Waals surface area contributed by atoms with E-state index in [4.69, 9.17) is 19.7 Å². The van der Waals surface area contributed by atoms with E-state index in [0.717, 1.165) is 46.6 Å². The summed E-state index contributed by atoms with van der Waals surface area (Å²) in [6.45, 7) is 11.4. The van der Waals surface area contributed by atoms with Gasteiger partial charge in [0.1, 0.15) is 5.75 Å². The Bertz CT molecular complexity index is 1260. The van der Waals surface area contributed by atoms with Crippen LogP contribution < -0.4 is 4.74 Å². The van der Waals surface area contributed by atoms with Crippen molar-refractivity contribution < 1.29 is 4.74 Å². The van der Waals surface area contributed by atoms with E-state index in [1.165, 1.54) is 43.2 Å². The average molecular weight is 494 g/mol. The topological polar surface area (TPSA) is 47.9 Å². The molecule has 37 heavy (non-hydrogen) atoms. The molecule has 0 spiro atoms. The van der Waals surface area contributed by atoms with Crippen LogP contribution in [0.2, 0.25) is 0 Å². The third kappa shape index (κ3) is 7.03. The molecular weight excluding hydrogens is 454 g/mol. The molecular formula is C33H39N3O. The van der Waals surface area contributed by atoms with Crippen molar-refractivity contribution in [1.82, 2.24) is 15.0 Å². The predicted octanol–water partition coefficient (Wildman–Crippen LogP) is 8.85. The zero-order chi connectivity index (χ0) is 26.2. The van der Waals surface area contributed by atoms with Crippen LogP contribution in [0.1, 0.15) is 67.7 Å². The molecule has 4 rings (SSSR count). The smallest absolute Gasteiger partial charge is 0.164 e. The fourth-order valence-electron chi connectivity index (χ4n) is 4.65. The first-order chi connectivity index (χ1) is 17.9. The number of hydrogen-bond donors (Lipinski definition) is 0. The maximum Gasteiger partial charge on any atom is 0.164 e. The standard InChI is InChI=1S/C33H39N3O/c1-6-7-8-9-10-11-20-37-28-16-14-27(15-17-28)31-34-32(29-18-12-23(2)21-25(29)4)36-33(35-31)30-19-13-24(3)22-26(30)5/h12-19,21-22H,6-11,20H2,1-5H3. The molecule has 0 N–H and O–H groups in total. The summed E-state index contributed by atoms with van der Waals surface area (Å²) in [4.78, 5) is 14.8. The molecule has 4 nitrogen and oxygen atoms in total. The van der Waals surface area contributed by atoms with Crippen molar-refractivity contribution in [2.24, 2.45) is 0 Å². The van der Waals surface area contributed by atoms with E-state index < -0.39 is 0 Å². The Balaban J connectivity index is 1.60. The molecule has 1 heterocycles. The van der Waals surface area contributed by atoms with E-state index in [1.54, 1.807) is 0 Å². The second-order valence-corrected chi connectivity index (χ2v) is 10.1. The van der Waals surface area contributed by atoms with Crippen LogP contribution in [0.15, 0.2) is 60.7 Å². The summed E-state index contributed by atoms with van der Waals surface area (Å²) in [7, 11) is 0. The highest BCUT2D eigenvalue weighted by Gasteiger charge is 2.15. The van der Waals surface area contributed by atoms with E-state index in [9.17, 15) is 0 Å². The second kappa shape index (κ2) is 12.6. The van der Waals surface area contributed by atoms with Gasteiger partial charge in [-0.25, -0.2) is 15.0 Å². The summed E-state index contributed by atoms with van der Waals surface area (Å²) < 4.78 is 5.99. The molecule has 1 aromatic heterocycles. The van der Waals surface area contributed by atoms with E-state index >= 15 is 0 Å². The van der Waals surface area contributed by atoms with Gasteiger partial charge in [0.2, 0.25) is 0 Å². The number of ether oxygens (including phenoxy) is 1. The quantitative estimate of drug-likeness (QED) is 0.196. The number of hydrogen-bond acceptors (Lipinski definition) is 4. The van der Waals surface area contributed by atoms with Crippen molar-refractivity contribution in [3.63, 3.8) is 0 Å². The predicted molar refractivity (Wildman–Crippen MR) is 154 cm³/mol. The van der Waals surface area contributed by atoms with E-state index in [-0.39, 0.29) is 0 Å². The Morgan fingerprint density at radius 3 is 1.62 bits per heavy atom. The Kier molecular flexibility index (Phi) is 9.05. The van der Waals surface area contributed by atoms with Gasteiger partial charge in [0.05, 0.1) is 6.61 Å². The summed E-state index contributed by atoms with van der Waals surface area (Å²) in [6.07, 6.45) is 7.55. The van der Waals surface area contributed by atoms with Crippen molar-refractivity contribution in [2.45, 2.75) is 73.1 Å². The number of aryl methyl sites for hydroxylation is 4. The molecule has 0 atom stereocenters. The van der Waals surface area contributed by atoms with Gasteiger partial charge in [0, 0.05) is 16.7 Å². The molecule has 0 bridgehead atoms. The zero-order valence-corrected chi connectivity index (χ0v) is 23.0. The molecule has 3 aromatic carbocycles. The van der Waals surface area contributed by atoms with Crippen molar-refractivity contribution in [3.05, 3.63) is 82.9 Å². The van der Waals surface area contributed by atoms with Gasteiger partial charge in [-0.1, -0.05) is 86.6 Å². The maximum absolute atomic E-state index is 5.99. The van der Waals surface area contributed by atoms with Gasteiger partial charge < -0.3 is 4.74 Å². The molecule has 0 fully saturated rings. The minimum atomic E-state index is 0.669. The summed E-state index contributed by atoms with van der Waals surface area (Å²) >= 11 is 0. The lowest BCUT2D eigenvalue weighted by molar-refractivity contribution is 0.304. The second-order valence-electron chi connectivity index (χ2n) is 10.1. The fraction of sp³-hybridized carbons (Fsp3) is 0.364. The van der Waals surface area contributed by atoms with E-state index in [1.807, 2.05) is 24.3 Å². The lowest BCUT2D eigenvalue weighted by Gasteiger charge is -2.12. The highest BCUT2D eigenvalue weighted by atomic mass is 16.5. The largest absolute Gasteiger partial charge is 0.494 e. The minimum Gasteiger partial charge on any atom is -0.494 e. The monoisotopic (exact) mass is 493 g/mol. The van der Waals surface area contributed by atoms with Gasteiger partial charge >= 0.3 is 0 Å². The third-order valence-electron chi connectivity index (χ3n) is 6.76. The van der Waals surface area contributed by atoms with Crippen LogP contribution in [0.25, 0.3) is 34.2 Å². The molecule has 4 aromatic rings. The van der Waals surface area contributed by atoms with Crippen molar-refractivity contribution in [1.29, 1.82) is 0 Å². The first-order valence-corrected chi connectivity index (χ1v) is 13.6. The molecule has 0 aliphatic carbocycles. The Hall–Kier alpha value is -3.53. The van der Waals surface area contributed by atoms with Crippen molar-refractivity contribution >= 4 is 0 Å². The molecule has 0 saturated heterocycles. The number of nitrogens with zero attached hydrogens (tertiary/aromatic N) is 3. The van der Waals surface area contributed by atoms with Gasteiger partial charge in [-0.05, 0) is 69.5 Å². The summed E-state index contributed by atoms with van der Waals surface area (Å²) in [5, 5.41) is 0. The van der Waals surface area contributed by atoms with Crippen LogP contribution in [0.3, 0.4) is 0 Å². The first-order valence-electron chi connectivity index (χ1n) is 13.6. The molecule has 0 amide bonds. The van der Waals surface area contributed by atoms with Crippen LogP contribution in [0.5, 0.6) is 5.75 Å². The van der Waals surface area contributed by atoms with Gasteiger partial charge in [0.15, 0.2) is 17.5 Å². The van der Waals surface area contributed by atoms with Crippen molar-refractivity contribution in [2.75, 3.05) is 6.61 Å². The van der Waals surface area contributed by atoms with Crippen LogP contribution in [0.4, 0.5) is 0 Å². The molecule has 192 valence electrons. The normalized spacial score (nSPS) is 11.1. The Morgan fingerprint density at radius 1 is 0.568 bits per heavy atom. The van der Waals surface area contributed by atoms with Gasteiger partial charge in [-0.15, -0.1) is 0 Å². The zero-order valence-electron chi connectivity index (χ0n) is 23.0. The lowest BCUT2D eigenvalue weighted by atomic mass is 10.0. The molecule has 0 saturated carbocycles. The van der Waals surface area contributed by atoms with Gasteiger partial charge in [-0.3, -0.25) is 0 Å². The fourth-order valence-corrected chi connectivity index (χ4v) is 4.65. The van der Waals surface area contributed by atoms with Crippen LogP contribution in [0, 0.1) is 27.7 Å². The number of rotatable bonds is 11. The average Bonchev–Trinajstić information content (AvgIpc) is 2.88. The molecule has 0 aliphatic heterocycles. The molecule has 0 unspecified atom stereocenters. The minimum absolute atomic E-state index is 0.669. The van der Waals surface area contributed by atoms with Crippen LogP contribution >= 0.6 is 0 Å². The Labute approximate surface area is 222 Å². The molecule has 0 radical (unpaired) electrons. The van der Waals surface area contributed by atoms with Crippen molar-refractivity contribution in [3.8, 4) is 39.9 Å². The van der Waals surface area contributed by atoms with Gasteiger partial charge in [-0.2, -0.15) is 0 Å². The lowest BCUT2D eigenvalue weighted by Crippen LogP contribution is -2.02. The SMILES string of the molecule is CCCCCCCCOc1ccc(-c2nc(-c3ccc(C)cc3C)nc(-c3ccc(C)cc3C)n2)cc1. The summed E-state index contributed by atoms with van der Waals surface area (Å²) in [6, 6.07) is 20.9. The molecule has 4 heteroatoms. The molecule has 0 aliphatic rings. The van der Waals surface area contributed by atoms with Crippen LogP contribution in [-0.2, 0) is 0 Å². The Morgan fingerprint density at radius 2 is 1.08 bits per heavy atom. The highest BCUT2D eigenvalue weighted by Crippen LogP contribution is 2.29. The highest BCUT2D eigenvalue weighted by molar-refractivity contribution is 5.69. The summed E-state index contributed by atoms with van der Waals surface area (Å²) in [5.74, 6) is 2.94. The van der Waals surface area contributed by atoms with Crippen LogP contribution in [-0.4, -0.2) is 21.6 Å². The number of benzene rings is 3. The first kappa shape index (κ1) is 26.5. The summed E-state index contributed by atoms with van der Waals surface area (Å²) in [5.41, 5.74) is 7.76. The van der Waals surface area contributed by atoms with Gasteiger partial charge in [0.25, 0.3) is 0 Å². The van der Waals surface area contributed by atoms with E-state index in [2.05, 4.69) is 71.0 Å². The number of aromatic nitrogens is 3.